The fourth-order valence-corrected chi connectivity index (χ4v) is 10.6. The summed E-state index contributed by atoms with van der Waals surface area (Å²) in [6.07, 6.45) is 2.21. The van der Waals surface area contributed by atoms with Crippen LogP contribution in [0.1, 0.15) is 119 Å². The molecule has 5 heterocycles. The van der Waals surface area contributed by atoms with Gasteiger partial charge < -0.3 is 50.6 Å². The third-order valence-corrected chi connectivity index (χ3v) is 15.3. The molecule has 3 aromatic heterocycles. The number of aryl methyl sites for hydroxylation is 2. The number of nitrogens with one attached hydrogen (secondary N) is 3. The van der Waals surface area contributed by atoms with Crippen LogP contribution in [0.25, 0.3) is 21.7 Å². The van der Waals surface area contributed by atoms with E-state index >= 15 is 4.39 Å². The van der Waals surface area contributed by atoms with E-state index in [0.717, 1.165) is 59.5 Å². The molecule has 0 aliphatic carbocycles. The number of benzene rings is 2. The molecule has 0 radical (unpaired) electrons. The predicted octanol–water partition coefficient (Wildman–Crippen LogP) is 7.37. The number of thiazole rings is 1. The molecule has 0 saturated carbocycles. The van der Waals surface area contributed by atoms with Crippen molar-refractivity contribution in [3.63, 3.8) is 0 Å². The largest absolute Gasteiger partial charge is 0.573 e. The summed E-state index contributed by atoms with van der Waals surface area (Å²) < 4.78 is 64.5. The number of primary amides is 1. The molecule has 0 bridgehead atoms. The Balaban J connectivity index is 0.747. The van der Waals surface area contributed by atoms with Crippen LogP contribution >= 0.6 is 11.3 Å². The van der Waals surface area contributed by atoms with Gasteiger partial charge in [0.1, 0.15) is 29.5 Å². The molecule has 6 amide bonds. The van der Waals surface area contributed by atoms with E-state index in [1.54, 1.807) is 29.4 Å². The number of hydrogen-bond donors (Lipinski definition) is 5. The minimum Gasteiger partial charge on any atom is -0.471 e. The number of imidazole rings is 1. The molecule has 2 aliphatic rings. The number of carbonyl (C=O) groups is 6. The van der Waals surface area contributed by atoms with Crippen molar-refractivity contribution < 1.29 is 60.9 Å². The first kappa shape index (κ1) is 62.1. The van der Waals surface area contributed by atoms with Crippen LogP contribution < -0.4 is 31.2 Å². The number of nitrogens with two attached hydrogens (primary N) is 1. The summed E-state index contributed by atoms with van der Waals surface area (Å²) in [7, 11) is 0. The number of nitrogens with zero attached hydrogens (tertiary/aromatic N) is 6. The van der Waals surface area contributed by atoms with Gasteiger partial charge in [0.25, 0.3) is 5.91 Å². The minimum atomic E-state index is -4.85. The Morgan fingerprint density at radius 2 is 1.55 bits per heavy atom. The fraction of sp³-hybridized carbons (Fsp3) is 0.500. The van der Waals surface area contributed by atoms with Crippen LogP contribution in [0.3, 0.4) is 0 Å². The third kappa shape index (κ3) is 18.0. The molecule has 7 rings (SSSR count). The predicted molar refractivity (Wildman–Crippen MR) is 298 cm³/mol. The monoisotopic (exact) mass is 1160 g/mol. The number of pyridine rings is 1. The first-order chi connectivity index (χ1) is 39.0. The Bertz CT molecular complexity index is 2990. The molecule has 2 fully saturated rings. The van der Waals surface area contributed by atoms with Crippen molar-refractivity contribution in [2.45, 2.75) is 155 Å². The van der Waals surface area contributed by atoms with Crippen LogP contribution in [0.15, 0.2) is 78.8 Å². The van der Waals surface area contributed by atoms with Crippen molar-refractivity contribution in [2.75, 3.05) is 26.2 Å². The number of aliphatic hydroxyl groups excluding tert-OH is 1. The van der Waals surface area contributed by atoms with Gasteiger partial charge in [-0.25, -0.2) is 19.3 Å². The normalized spacial score (nSPS) is 17.7. The number of carbonyl (C=O) groups excluding carboxylic acids is 6. The Morgan fingerprint density at radius 3 is 2.21 bits per heavy atom. The number of alkyl halides is 4. The van der Waals surface area contributed by atoms with Gasteiger partial charge in [-0.3, -0.25) is 28.8 Å². The molecule has 2 aliphatic heterocycles. The molecule has 82 heavy (non-hydrogen) atoms. The van der Waals surface area contributed by atoms with Crippen molar-refractivity contribution in [2.24, 2.45) is 11.1 Å². The summed E-state index contributed by atoms with van der Waals surface area (Å²) in [6, 6.07) is 12.4. The number of halogens is 4. The Labute approximate surface area is 477 Å². The molecule has 5 atom stereocenters. The number of hydrogen-bond acceptors (Lipinski definition) is 13. The number of β-amino-alcohol motifs (C(OH)–C–C–N with tert-alkyl or cyclic N) is 1. The van der Waals surface area contributed by atoms with E-state index in [4.69, 9.17) is 10.5 Å². The van der Waals surface area contributed by atoms with Crippen LogP contribution in [-0.4, -0.2) is 133 Å². The Kier molecular flexibility index (Phi) is 21.6. The summed E-state index contributed by atoms with van der Waals surface area (Å²) in [5.41, 5.74) is 11.0. The second-order valence-corrected chi connectivity index (χ2v) is 22.7. The lowest BCUT2D eigenvalue weighted by molar-refractivity contribution is -0.274. The van der Waals surface area contributed by atoms with Gasteiger partial charge in [-0.15, -0.1) is 24.5 Å². The summed E-state index contributed by atoms with van der Waals surface area (Å²) in [4.78, 5) is 95.5. The van der Waals surface area contributed by atoms with Crippen LogP contribution in [0.4, 0.5) is 17.6 Å². The van der Waals surface area contributed by atoms with E-state index in [9.17, 15) is 47.0 Å². The van der Waals surface area contributed by atoms with Gasteiger partial charge in [-0.2, -0.15) is 0 Å². The molecule has 2 aromatic carbocycles. The third-order valence-electron chi connectivity index (χ3n) is 14.3. The van der Waals surface area contributed by atoms with E-state index in [1.165, 1.54) is 34.2 Å². The summed E-state index contributed by atoms with van der Waals surface area (Å²) in [5, 5.41) is 19.4. The van der Waals surface area contributed by atoms with Crippen LogP contribution in [0.2, 0.25) is 0 Å². The van der Waals surface area contributed by atoms with E-state index < -0.39 is 65.7 Å². The van der Waals surface area contributed by atoms with Crippen molar-refractivity contribution in [1.29, 1.82) is 0 Å². The number of piperidine rings is 1. The standard InChI is InChI=1S/C58H72F4N10O9S/c1-36-51(82-35-68-36)39-18-14-38(15-19-39)29-65-54(78)46-28-41(73)31-72(46)56(79)52(57(2,3)4)69-49(75)13-9-7-5-6-8-12-48(74)64-23-10-11-24-70-33-45(67-34-70)40-27-43(53(63)77)55(66-30-40)80-47-22-25-71(32-44(47)59)50(76)26-37-16-20-42(21-17-37)81-58(60,61)62/h14-21,27,30,33-35,41,44,46-47,52,73H,5-13,22-26,28-29,31-32H2,1-4H3,(H2,63,77)(H,64,74)(H,65,78)(H,69,75)/t41-,44-,46+,47-,52-/m1/s1. The molecular formula is C58H72F4N10O9S. The summed E-state index contributed by atoms with van der Waals surface area (Å²) >= 11 is 1.56. The molecule has 5 aromatic rings. The van der Waals surface area contributed by atoms with Crippen molar-refractivity contribution in [1.82, 2.24) is 45.3 Å². The van der Waals surface area contributed by atoms with Crippen molar-refractivity contribution >= 4 is 46.8 Å². The first-order valence-corrected chi connectivity index (χ1v) is 28.5. The van der Waals surface area contributed by atoms with E-state index in [-0.39, 0.29) is 81.0 Å². The number of amides is 6. The van der Waals surface area contributed by atoms with Gasteiger partial charge in [-0.1, -0.05) is 76.4 Å². The van der Waals surface area contributed by atoms with Gasteiger partial charge >= 0.3 is 6.36 Å². The number of ether oxygens (including phenoxy) is 2. The maximum absolute atomic E-state index is 15.4. The zero-order chi connectivity index (χ0) is 59.1. The zero-order valence-electron chi connectivity index (χ0n) is 46.5. The van der Waals surface area contributed by atoms with Crippen LogP contribution in [-0.2, 0) is 43.5 Å². The second-order valence-electron chi connectivity index (χ2n) is 21.9. The van der Waals surface area contributed by atoms with E-state index in [2.05, 4.69) is 35.6 Å². The highest BCUT2D eigenvalue weighted by atomic mass is 32.1. The fourth-order valence-electron chi connectivity index (χ4n) is 9.83. The Morgan fingerprint density at radius 1 is 0.854 bits per heavy atom. The maximum Gasteiger partial charge on any atom is 0.573 e. The Hall–Kier alpha value is -7.47. The van der Waals surface area contributed by atoms with Crippen molar-refractivity contribution in [3.05, 3.63) is 101 Å². The van der Waals surface area contributed by atoms with Gasteiger partial charge in [0.15, 0.2) is 6.17 Å². The van der Waals surface area contributed by atoms with Crippen LogP contribution in [0.5, 0.6) is 11.6 Å². The molecule has 19 nitrogen and oxygen atoms in total. The number of aromatic nitrogens is 4. The molecule has 24 heteroatoms. The van der Waals surface area contributed by atoms with E-state index in [0.29, 0.717) is 55.6 Å². The lowest BCUT2D eigenvalue weighted by Crippen LogP contribution is -2.57. The van der Waals surface area contributed by atoms with Gasteiger partial charge in [0.05, 0.1) is 47.2 Å². The quantitative estimate of drug-likeness (QED) is 0.0269. The molecule has 0 spiro atoms. The summed E-state index contributed by atoms with van der Waals surface area (Å²) in [6.45, 7) is 8.66. The lowest BCUT2D eigenvalue weighted by atomic mass is 9.85. The molecule has 6 N–H and O–H groups in total. The highest BCUT2D eigenvalue weighted by molar-refractivity contribution is 7.13. The van der Waals surface area contributed by atoms with E-state index in [1.807, 2.05) is 56.5 Å². The molecule has 0 unspecified atom stereocenters. The summed E-state index contributed by atoms with van der Waals surface area (Å²) in [5.74, 6) is -2.96. The highest BCUT2D eigenvalue weighted by Crippen LogP contribution is 2.31. The minimum absolute atomic E-state index is 0.0117. The molecule has 442 valence electrons. The number of rotatable bonds is 26. The highest BCUT2D eigenvalue weighted by Gasteiger charge is 2.44. The van der Waals surface area contributed by atoms with Gasteiger partial charge in [-0.05, 0) is 72.9 Å². The maximum atomic E-state index is 15.4. The number of unbranched alkanes of at least 4 members (excludes halogenated alkanes) is 5. The SMILES string of the molecule is Cc1ncsc1-c1ccc(CNC(=O)[C@@H]2C[C@@H](O)CN2C(=O)[C@@H](NC(=O)CCCCCCCC(=O)NCCCCn2cnc(-c3cnc(O[C@@H]4CCN(C(=O)Cc5ccc(OC(F)(F)F)cc5)C[C@H]4F)c(C(N)=O)c3)c2)C(C)(C)C)cc1. The average Bonchev–Trinajstić information content (AvgIpc) is 4.36. The smallest absolute Gasteiger partial charge is 0.471 e. The number of likely N-dealkylation sites (tertiary alicyclic amines) is 2. The zero-order valence-corrected chi connectivity index (χ0v) is 47.3. The van der Waals surface area contributed by atoms with Crippen molar-refractivity contribution in [3.8, 4) is 33.3 Å². The lowest BCUT2D eigenvalue weighted by Gasteiger charge is -2.35. The molecule has 2 saturated heterocycles. The number of aliphatic hydroxyl groups is 1. The van der Waals surface area contributed by atoms with Gasteiger partial charge in [0.2, 0.25) is 35.4 Å². The van der Waals surface area contributed by atoms with Gasteiger partial charge in [0, 0.05) is 76.4 Å². The topological polar surface area (TPSA) is 253 Å². The second kappa shape index (κ2) is 28.5. The molecular weight excluding hydrogens is 1090 g/mol. The first-order valence-electron chi connectivity index (χ1n) is 27.6. The van der Waals surface area contributed by atoms with Crippen LogP contribution in [0, 0.1) is 12.3 Å². The average molecular weight is 1160 g/mol.